The molecule has 1 aromatic carbocycles. The van der Waals surface area contributed by atoms with Crippen molar-refractivity contribution in [3.8, 4) is 0 Å². The van der Waals surface area contributed by atoms with Crippen molar-refractivity contribution in [2.75, 3.05) is 11.1 Å². The minimum Gasteiger partial charge on any atom is -0.384 e. The zero-order valence-electron chi connectivity index (χ0n) is 9.50. The van der Waals surface area contributed by atoms with E-state index in [2.05, 4.69) is 10.3 Å². The van der Waals surface area contributed by atoms with Crippen LogP contribution >= 0.6 is 0 Å². The van der Waals surface area contributed by atoms with Crippen molar-refractivity contribution < 1.29 is 17.6 Å². The van der Waals surface area contributed by atoms with E-state index in [0.29, 0.717) is 11.8 Å². The summed E-state index contributed by atoms with van der Waals surface area (Å²) in [5.74, 6) is -1.09. The van der Waals surface area contributed by atoms with Gasteiger partial charge in [0, 0.05) is 23.6 Å². The van der Waals surface area contributed by atoms with Gasteiger partial charge in [0.1, 0.15) is 11.6 Å². The monoisotopic (exact) mass is 271 g/mol. The Hall–Kier alpha value is -2.31. The van der Waals surface area contributed by atoms with E-state index in [1.54, 1.807) is 0 Å². The highest BCUT2D eigenvalue weighted by atomic mass is 19.4. The first kappa shape index (κ1) is 13.1. The molecule has 0 amide bonds. The molecule has 0 saturated carbocycles. The second-order valence-corrected chi connectivity index (χ2v) is 3.79. The van der Waals surface area contributed by atoms with E-state index in [9.17, 15) is 17.6 Å². The number of alkyl halides is 3. The number of nitrogen functional groups attached to an aromatic ring is 1. The van der Waals surface area contributed by atoms with Crippen molar-refractivity contribution in [2.45, 2.75) is 6.18 Å². The first-order valence-corrected chi connectivity index (χ1v) is 5.21. The molecule has 1 heterocycles. The first-order valence-electron chi connectivity index (χ1n) is 5.21. The molecule has 0 atom stereocenters. The van der Waals surface area contributed by atoms with Gasteiger partial charge in [-0.05, 0) is 24.3 Å². The van der Waals surface area contributed by atoms with E-state index in [1.807, 2.05) is 0 Å². The van der Waals surface area contributed by atoms with Gasteiger partial charge >= 0.3 is 6.18 Å². The molecular weight excluding hydrogens is 262 g/mol. The van der Waals surface area contributed by atoms with Crippen molar-refractivity contribution in [1.82, 2.24) is 4.98 Å². The zero-order chi connectivity index (χ0) is 14.0. The van der Waals surface area contributed by atoms with Crippen LogP contribution in [-0.4, -0.2) is 4.98 Å². The van der Waals surface area contributed by atoms with E-state index < -0.39 is 17.6 Å². The topological polar surface area (TPSA) is 50.9 Å². The smallest absolute Gasteiger partial charge is 0.384 e. The lowest BCUT2D eigenvalue weighted by Gasteiger charge is -2.11. The molecule has 0 aliphatic rings. The molecule has 0 unspecified atom stereocenters. The lowest BCUT2D eigenvalue weighted by Crippen LogP contribution is -2.08. The molecule has 3 nitrogen and oxygen atoms in total. The van der Waals surface area contributed by atoms with Crippen LogP contribution in [0.15, 0.2) is 36.5 Å². The van der Waals surface area contributed by atoms with Gasteiger partial charge in [-0.15, -0.1) is 0 Å². The van der Waals surface area contributed by atoms with Crippen molar-refractivity contribution in [3.05, 3.63) is 47.9 Å². The number of halogens is 4. The maximum absolute atomic E-state index is 13.1. The van der Waals surface area contributed by atoms with Crippen LogP contribution in [0, 0.1) is 5.82 Å². The highest BCUT2D eigenvalue weighted by Crippen LogP contribution is 2.33. The third kappa shape index (κ3) is 3.12. The Bertz CT molecular complexity index is 596. The Labute approximate surface area is 106 Å². The lowest BCUT2D eigenvalue weighted by molar-refractivity contribution is -0.139. The van der Waals surface area contributed by atoms with Crippen LogP contribution in [0.2, 0.25) is 0 Å². The first-order chi connectivity index (χ1) is 8.86. The number of hydrogen-bond acceptors (Lipinski definition) is 3. The predicted octanol–water partition coefficient (Wildman–Crippen LogP) is 3.57. The molecule has 0 radical (unpaired) electrons. The van der Waals surface area contributed by atoms with Gasteiger partial charge in [-0.2, -0.15) is 13.2 Å². The summed E-state index contributed by atoms with van der Waals surface area (Å²) in [4.78, 5) is 3.75. The van der Waals surface area contributed by atoms with Crippen LogP contribution < -0.4 is 11.1 Å². The van der Waals surface area contributed by atoms with Crippen LogP contribution in [0.4, 0.5) is 34.8 Å². The van der Waals surface area contributed by atoms with Crippen LogP contribution in [0.3, 0.4) is 0 Å². The zero-order valence-corrected chi connectivity index (χ0v) is 9.50. The third-order valence-electron chi connectivity index (χ3n) is 2.34. The number of benzene rings is 1. The van der Waals surface area contributed by atoms with Gasteiger partial charge in [0.15, 0.2) is 0 Å². The van der Waals surface area contributed by atoms with Gasteiger partial charge in [0.2, 0.25) is 0 Å². The molecule has 0 aliphatic heterocycles. The molecule has 0 saturated heterocycles. The van der Waals surface area contributed by atoms with Gasteiger partial charge in [-0.1, -0.05) is 0 Å². The summed E-state index contributed by atoms with van der Waals surface area (Å²) in [5, 5.41) is 2.70. The fraction of sp³-hybridized carbons (Fsp3) is 0.0833. The molecule has 19 heavy (non-hydrogen) atoms. The highest BCUT2D eigenvalue weighted by Gasteiger charge is 2.34. The van der Waals surface area contributed by atoms with Crippen molar-refractivity contribution in [2.24, 2.45) is 0 Å². The van der Waals surface area contributed by atoms with Crippen molar-refractivity contribution in [3.63, 3.8) is 0 Å². The number of anilines is 3. The molecule has 0 spiro atoms. The maximum Gasteiger partial charge on any atom is 0.419 e. The molecule has 7 heteroatoms. The Morgan fingerprint density at radius 3 is 2.37 bits per heavy atom. The van der Waals surface area contributed by atoms with Crippen molar-refractivity contribution >= 4 is 17.2 Å². The van der Waals surface area contributed by atoms with Gasteiger partial charge < -0.3 is 11.1 Å². The van der Waals surface area contributed by atoms with Gasteiger partial charge in [0.25, 0.3) is 0 Å². The predicted molar refractivity (Wildman–Crippen MR) is 63.3 cm³/mol. The quantitative estimate of drug-likeness (QED) is 0.821. The number of nitrogens with two attached hydrogens (primary N) is 1. The van der Waals surface area contributed by atoms with Crippen LogP contribution in [0.5, 0.6) is 0 Å². The summed E-state index contributed by atoms with van der Waals surface area (Å²) in [6.45, 7) is 0. The molecule has 2 rings (SSSR count). The molecule has 2 aromatic rings. The number of aromatic nitrogens is 1. The number of hydrogen-bond donors (Lipinski definition) is 2. The second-order valence-electron chi connectivity index (χ2n) is 3.79. The summed E-state index contributed by atoms with van der Waals surface area (Å²) < 4.78 is 50.7. The summed E-state index contributed by atoms with van der Waals surface area (Å²) in [6.07, 6.45) is -3.33. The van der Waals surface area contributed by atoms with Gasteiger partial charge in [0.05, 0.1) is 5.56 Å². The lowest BCUT2D eigenvalue weighted by atomic mass is 10.1. The largest absolute Gasteiger partial charge is 0.419 e. The van der Waals surface area contributed by atoms with E-state index in [0.717, 1.165) is 6.07 Å². The summed E-state index contributed by atoms with van der Waals surface area (Å²) in [7, 11) is 0. The Balaban J connectivity index is 2.32. The fourth-order valence-corrected chi connectivity index (χ4v) is 1.51. The number of pyridine rings is 1. The van der Waals surface area contributed by atoms with Crippen LogP contribution in [0.25, 0.3) is 0 Å². The van der Waals surface area contributed by atoms with Crippen LogP contribution in [0.1, 0.15) is 5.56 Å². The molecule has 0 fully saturated rings. The molecule has 0 bridgehead atoms. The highest BCUT2D eigenvalue weighted by molar-refractivity contribution is 5.62. The summed E-state index contributed by atoms with van der Waals surface area (Å²) in [6, 6.07) is 5.66. The minimum atomic E-state index is -4.74. The van der Waals surface area contributed by atoms with E-state index in [1.165, 1.54) is 24.4 Å². The summed E-state index contributed by atoms with van der Waals surface area (Å²) >= 11 is 0. The average Bonchev–Trinajstić information content (AvgIpc) is 2.30. The molecular formula is C12H9F4N3. The average molecular weight is 271 g/mol. The Morgan fingerprint density at radius 1 is 1.05 bits per heavy atom. The number of rotatable bonds is 2. The normalized spacial score (nSPS) is 11.4. The summed E-state index contributed by atoms with van der Waals surface area (Å²) in [5.41, 5.74) is 4.70. The molecule has 3 N–H and O–H groups in total. The van der Waals surface area contributed by atoms with E-state index in [4.69, 9.17) is 5.73 Å². The standard InChI is InChI=1S/C12H9F4N3/c13-10-2-1-7(5-9(10)12(14,15)16)19-8-3-4-18-11(17)6-8/h1-6H,(H3,17,18,19). The van der Waals surface area contributed by atoms with Gasteiger partial charge in [-0.3, -0.25) is 0 Å². The molecule has 100 valence electrons. The Morgan fingerprint density at radius 2 is 1.74 bits per heavy atom. The van der Waals surface area contributed by atoms with Gasteiger partial charge in [-0.25, -0.2) is 9.37 Å². The number of nitrogens with one attached hydrogen (secondary N) is 1. The maximum atomic E-state index is 13.1. The fourth-order valence-electron chi connectivity index (χ4n) is 1.51. The van der Waals surface area contributed by atoms with E-state index in [-0.39, 0.29) is 11.5 Å². The minimum absolute atomic E-state index is 0.110. The molecule has 0 aliphatic carbocycles. The molecule has 1 aromatic heterocycles. The Kier molecular flexibility index (Phi) is 3.28. The van der Waals surface area contributed by atoms with Crippen molar-refractivity contribution in [1.29, 1.82) is 0 Å². The SMILES string of the molecule is Nc1cc(Nc2ccc(F)c(C(F)(F)F)c2)ccn1. The number of nitrogens with zero attached hydrogens (tertiary/aromatic N) is 1. The van der Waals surface area contributed by atoms with Crippen LogP contribution in [-0.2, 0) is 6.18 Å². The second kappa shape index (κ2) is 4.75. The van der Waals surface area contributed by atoms with E-state index >= 15 is 0 Å². The third-order valence-corrected chi connectivity index (χ3v) is 2.34.